The molecule has 32 heavy (non-hydrogen) atoms. The van der Waals surface area contributed by atoms with Gasteiger partial charge in [0.1, 0.15) is 0 Å². The van der Waals surface area contributed by atoms with Crippen molar-refractivity contribution in [3.63, 3.8) is 0 Å². The standard InChI is InChI=1S/C22H25Br2N3O5/c1-11-6-7-12(9-15(11)27(31)32)25-16(28)5-3-2-4-8-26-21(29)17-13-10-14(18(17)22(26)30)20(24)19(13)23/h6-7,9,13-14,17-20H,2-5,8,10H2,1H3,(H,25,28)/t13-,14-,17-,18+,19-,20+/m0/s1. The lowest BCUT2D eigenvalue weighted by Crippen LogP contribution is -2.37. The number of carbonyl (C=O) groups excluding carboxylic acids is 3. The van der Waals surface area contributed by atoms with Crippen molar-refractivity contribution in [2.45, 2.75) is 48.7 Å². The van der Waals surface area contributed by atoms with Gasteiger partial charge < -0.3 is 5.32 Å². The number of unbranched alkanes of at least 4 members (excludes halogenated alkanes) is 2. The number of amides is 3. The number of rotatable bonds is 8. The fourth-order valence-electron chi connectivity index (χ4n) is 5.47. The summed E-state index contributed by atoms with van der Waals surface area (Å²) in [5, 5.41) is 13.7. The van der Waals surface area contributed by atoms with E-state index in [-0.39, 0.29) is 63.2 Å². The summed E-state index contributed by atoms with van der Waals surface area (Å²) < 4.78 is 0. The van der Waals surface area contributed by atoms with Crippen molar-refractivity contribution < 1.29 is 19.3 Å². The summed E-state index contributed by atoms with van der Waals surface area (Å²) in [6.45, 7) is 2.05. The Morgan fingerprint density at radius 1 is 1.12 bits per heavy atom. The highest BCUT2D eigenvalue weighted by Crippen LogP contribution is 2.60. The molecule has 1 N–H and O–H groups in total. The fraction of sp³-hybridized carbons (Fsp3) is 0.591. The van der Waals surface area contributed by atoms with Crippen molar-refractivity contribution in [1.82, 2.24) is 4.90 Å². The maximum Gasteiger partial charge on any atom is 0.274 e. The van der Waals surface area contributed by atoms with Crippen LogP contribution in [0.4, 0.5) is 11.4 Å². The Bertz CT molecular complexity index is 939. The van der Waals surface area contributed by atoms with Gasteiger partial charge in [-0.15, -0.1) is 0 Å². The molecular weight excluding hydrogens is 546 g/mol. The minimum atomic E-state index is -0.471. The van der Waals surface area contributed by atoms with Crippen molar-refractivity contribution in [2.75, 3.05) is 11.9 Å². The Balaban J connectivity index is 1.21. The molecule has 2 bridgehead atoms. The smallest absolute Gasteiger partial charge is 0.274 e. The number of nitro groups is 1. The Hall–Kier alpha value is -1.81. The number of carbonyl (C=O) groups is 3. The van der Waals surface area contributed by atoms with E-state index in [4.69, 9.17) is 0 Å². The topological polar surface area (TPSA) is 110 Å². The first-order valence-electron chi connectivity index (χ1n) is 10.9. The second kappa shape index (κ2) is 9.21. The average Bonchev–Trinajstić information content (AvgIpc) is 3.35. The number of hydrogen-bond donors (Lipinski definition) is 1. The van der Waals surface area contributed by atoms with Gasteiger partial charge in [-0.25, -0.2) is 0 Å². The number of halogens is 2. The second-order valence-electron chi connectivity index (χ2n) is 8.95. The zero-order valence-corrected chi connectivity index (χ0v) is 20.8. The number of nitro benzene ring substituents is 1. The number of aryl methyl sites for hydroxylation is 1. The Morgan fingerprint density at radius 3 is 2.34 bits per heavy atom. The molecule has 1 aromatic rings. The van der Waals surface area contributed by atoms with Gasteiger partial charge >= 0.3 is 0 Å². The van der Waals surface area contributed by atoms with Crippen molar-refractivity contribution in [3.05, 3.63) is 33.9 Å². The predicted molar refractivity (Wildman–Crippen MR) is 126 cm³/mol. The molecule has 1 aliphatic heterocycles. The van der Waals surface area contributed by atoms with E-state index in [2.05, 4.69) is 37.2 Å². The molecule has 0 radical (unpaired) electrons. The monoisotopic (exact) mass is 569 g/mol. The number of nitrogens with zero attached hydrogens (tertiary/aromatic N) is 2. The lowest BCUT2D eigenvalue weighted by Gasteiger charge is -2.28. The van der Waals surface area contributed by atoms with E-state index in [9.17, 15) is 24.5 Å². The zero-order chi connectivity index (χ0) is 23.2. The molecule has 2 saturated carbocycles. The van der Waals surface area contributed by atoms with E-state index >= 15 is 0 Å². The van der Waals surface area contributed by atoms with Gasteiger partial charge in [-0.3, -0.25) is 29.4 Å². The SMILES string of the molecule is Cc1ccc(NC(=O)CCCCCN2C(=O)[C@@H]3[C@@H]4C[C@H]([C@H](Br)[C@@H]4Br)[C@@H]3C2=O)cc1[N+](=O)[O-]. The minimum absolute atomic E-state index is 0.0292. The molecule has 1 aromatic carbocycles. The molecule has 10 heteroatoms. The molecule has 2 aliphatic carbocycles. The number of anilines is 1. The van der Waals surface area contributed by atoms with Crippen LogP contribution in [0, 0.1) is 40.7 Å². The number of fused-ring (bicyclic) bond motifs is 5. The Morgan fingerprint density at radius 2 is 1.75 bits per heavy atom. The van der Waals surface area contributed by atoms with Crippen molar-refractivity contribution in [2.24, 2.45) is 23.7 Å². The Labute approximate surface area is 202 Å². The number of nitrogens with one attached hydrogen (secondary N) is 1. The molecule has 1 saturated heterocycles. The summed E-state index contributed by atoms with van der Waals surface area (Å²) in [4.78, 5) is 50.4. The quantitative estimate of drug-likeness (QED) is 0.166. The summed E-state index contributed by atoms with van der Waals surface area (Å²) in [7, 11) is 0. The lowest BCUT2D eigenvalue weighted by molar-refractivity contribution is -0.385. The molecule has 0 spiro atoms. The van der Waals surface area contributed by atoms with Crippen LogP contribution in [-0.4, -0.2) is 43.7 Å². The van der Waals surface area contributed by atoms with Crippen LogP contribution in [0.5, 0.6) is 0 Å². The first-order chi connectivity index (χ1) is 15.2. The molecule has 1 heterocycles. The van der Waals surface area contributed by atoms with Crippen LogP contribution >= 0.6 is 31.9 Å². The van der Waals surface area contributed by atoms with Gasteiger partial charge in [-0.05, 0) is 44.1 Å². The van der Waals surface area contributed by atoms with E-state index < -0.39 is 4.92 Å². The number of alkyl halides is 2. The van der Waals surface area contributed by atoms with E-state index in [1.165, 1.54) is 11.0 Å². The Kier molecular flexibility index (Phi) is 6.72. The molecule has 4 rings (SSSR count). The van der Waals surface area contributed by atoms with Crippen LogP contribution in [0.3, 0.4) is 0 Å². The summed E-state index contributed by atoms with van der Waals surface area (Å²) in [5.74, 6) is -0.210. The van der Waals surface area contributed by atoms with Gasteiger partial charge in [-0.1, -0.05) is 44.3 Å². The van der Waals surface area contributed by atoms with Gasteiger partial charge in [0.05, 0.1) is 16.8 Å². The van der Waals surface area contributed by atoms with Crippen LogP contribution in [-0.2, 0) is 14.4 Å². The third-order valence-electron chi connectivity index (χ3n) is 7.05. The molecule has 3 aliphatic rings. The largest absolute Gasteiger partial charge is 0.326 e. The predicted octanol–water partition coefficient (Wildman–Crippen LogP) is 4.18. The maximum atomic E-state index is 12.9. The number of benzene rings is 1. The van der Waals surface area contributed by atoms with E-state index in [0.29, 0.717) is 37.1 Å². The highest BCUT2D eigenvalue weighted by atomic mass is 79.9. The maximum absolute atomic E-state index is 12.9. The van der Waals surface area contributed by atoms with E-state index in [1.807, 2.05) is 0 Å². The first-order valence-corrected chi connectivity index (χ1v) is 12.7. The van der Waals surface area contributed by atoms with Crippen LogP contribution in [0.1, 0.15) is 37.7 Å². The van der Waals surface area contributed by atoms with Gasteiger partial charge in [0.2, 0.25) is 17.7 Å². The molecule has 0 aromatic heterocycles. The number of imide groups is 1. The second-order valence-corrected chi connectivity index (χ2v) is 11.1. The molecule has 3 amide bonds. The fourth-order valence-corrected chi connectivity index (χ4v) is 7.34. The molecule has 8 nitrogen and oxygen atoms in total. The average molecular weight is 571 g/mol. The third kappa shape index (κ3) is 4.11. The molecular formula is C22H25Br2N3O5. The summed E-state index contributed by atoms with van der Waals surface area (Å²) in [5.41, 5.74) is 0.907. The molecule has 172 valence electrons. The van der Waals surface area contributed by atoms with Gasteiger partial charge in [0.15, 0.2) is 0 Å². The van der Waals surface area contributed by atoms with Gasteiger partial charge in [0.25, 0.3) is 5.69 Å². The molecule has 0 unspecified atom stereocenters. The van der Waals surface area contributed by atoms with Crippen LogP contribution < -0.4 is 5.32 Å². The first kappa shape index (κ1) is 23.4. The van der Waals surface area contributed by atoms with Crippen LogP contribution in [0.2, 0.25) is 0 Å². The van der Waals surface area contributed by atoms with Gasteiger partial charge in [0, 0.05) is 39.9 Å². The number of likely N-dealkylation sites (tertiary alicyclic amines) is 1. The highest BCUT2D eigenvalue weighted by molar-refractivity contribution is 9.12. The lowest BCUT2D eigenvalue weighted by atomic mass is 9.81. The minimum Gasteiger partial charge on any atom is -0.326 e. The molecule has 6 atom stereocenters. The third-order valence-corrected chi connectivity index (χ3v) is 10.3. The summed E-state index contributed by atoms with van der Waals surface area (Å²) >= 11 is 7.38. The van der Waals surface area contributed by atoms with Crippen molar-refractivity contribution in [1.29, 1.82) is 0 Å². The van der Waals surface area contributed by atoms with Crippen LogP contribution in [0.15, 0.2) is 18.2 Å². The van der Waals surface area contributed by atoms with Gasteiger partial charge in [-0.2, -0.15) is 0 Å². The highest BCUT2D eigenvalue weighted by Gasteiger charge is 2.66. The molecule has 3 fully saturated rings. The van der Waals surface area contributed by atoms with Crippen LogP contribution in [0.25, 0.3) is 0 Å². The zero-order valence-electron chi connectivity index (χ0n) is 17.6. The van der Waals surface area contributed by atoms with E-state index in [1.54, 1.807) is 19.1 Å². The van der Waals surface area contributed by atoms with Crippen molar-refractivity contribution >= 4 is 61.0 Å². The van der Waals surface area contributed by atoms with E-state index in [0.717, 1.165) is 6.42 Å². The normalized spacial score (nSPS) is 30.7. The number of hydrogen-bond acceptors (Lipinski definition) is 5. The summed E-state index contributed by atoms with van der Waals surface area (Å²) in [6, 6.07) is 4.61. The summed E-state index contributed by atoms with van der Waals surface area (Å²) in [6.07, 6.45) is 3.18. The van der Waals surface area contributed by atoms with Crippen molar-refractivity contribution in [3.8, 4) is 0 Å².